The van der Waals surface area contributed by atoms with Crippen LogP contribution in [0.2, 0.25) is 0 Å². The van der Waals surface area contributed by atoms with Gasteiger partial charge in [-0.1, -0.05) is 12.1 Å². The number of hydrogen-bond donors (Lipinski definition) is 0. The first-order valence-corrected chi connectivity index (χ1v) is 6.39. The number of piperidine rings is 1. The minimum atomic E-state index is -0.104. The van der Waals surface area contributed by atoms with E-state index >= 15 is 0 Å². The molecule has 0 saturated carbocycles. The van der Waals surface area contributed by atoms with Gasteiger partial charge in [-0.2, -0.15) is 5.26 Å². The lowest BCUT2D eigenvalue weighted by atomic mass is 9.93. The van der Waals surface area contributed by atoms with Crippen LogP contribution >= 0.6 is 0 Å². The predicted octanol–water partition coefficient (Wildman–Crippen LogP) is 2.87. The van der Waals surface area contributed by atoms with Crippen molar-refractivity contribution in [1.29, 1.82) is 5.26 Å². The summed E-state index contributed by atoms with van der Waals surface area (Å²) in [6.45, 7) is 6.06. The number of hydrogen-bond acceptors (Lipinski definition) is 3. The number of anilines is 1. The molecule has 1 atom stereocenters. The van der Waals surface area contributed by atoms with E-state index in [2.05, 4.69) is 30.9 Å². The first kappa shape index (κ1) is 12.9. The maximum Gasteiger partial charge on any atom is 0.101 e. The van der Waals surface area contributed by atoms with Crippen LogP contribution in [0.25, 0.3) is 0 Å². The van der Waals surface area contributed by atoms with Crippen LogP contribution in [0.3, 0.4) is 0 Å². The molecule has 18 heavy (non-hydrogen) atoms. The third kappa shape index (κ3) is 2.34. The highest BCUT2D eigenvalue weighted by Gasteiger charge is 2.32. The zero-order valence-corrected chi connectivity index (χ0v) is 11.4. The Morgan fingerprint density at radius 2 is 2.22 bits per heavy atom. The highest BCUT2D eigenvalue weighted by Crippen LogP contribution is 2.32. The predicted molar refractivity (Wildman–Crippen MR) is 72.8 cm³/mol. The summed E-state index contributed by atoms with van der Waals surface area (Å²) in [5.74, 6) is 0. The molecule has 3 nitrogen and oxygen atoms in total. The van der Waals surface area contributed by atoms with Crippen molar-refractivity contribution in [3.8, 4) is 6.07 Å². The van der Waals surface area contributed by atoms with Gasteiger partial charge in [-0.15, -0.1) is 0 Å². The summed E-state index contributed by atoms with van der Waals surface area (Å²) in [4.78, 5) is 2.29. The first-order valence-electron chi connectivity index (χ1n) is 6.39. The van der Waals surface area contributed by atoms with Crippen LogP contribution in [0.15, 0.2) is 18.2 Å². The Hall–Kier alpha value is -1.53. The third-order valence-electron chi connectivity index (χ3n) is 3.83. The van der Waals surface area contributed by atoms with E-state index in [4.69, 9.17) is 4.74 Å². The molecule has 1 unspecified atom stereocenters. The number of nitrogens with zero attached hydrogens (tertiary/aromatic N) is 2. The average molecular weight is 244 g/mol. The molecule has 1 heterocycles. The SMILES string of the molecule is COC1(C)CCCN(c2c(C)cccc2C#N)C1. The van der Waals surface area contributed by atoms with Crippen molar-refractivity contribution < 1.29 is 4.74 Å². The van der Waals surface area contributed by atoms with Crippen LogP contribution in [0, 0.1) is 18.3 Å². The van der Waals surface area contributed by atoms with Gasteiger partial charge in [0.05, 0.1) is 16.9 Å². The minimum Gasteiger partial charge on any atom is -0.377 e. The van der Waals surface area contributed by atoms with Crippen molar-refractivity contribution in [2.24, 2.45) is 0 Å². The van der Waals surface area contributed by atoms with Gasteiger partial charge in [0, 0.05) is 20.2 Å². The summed E-state index contributed by atoms with van der Waals surface area (Å²) >= 11 is 0. The van der Waals surface area contributed by atoms with Crippen LogP contribution in [0.5, 0.6) is 0 Å². The molecule has 96 valence electrons. The van der Waals surface area contributed by atoms with Crippen molar-refractivity contribution in [1.82, 2.24) is 0 Å². The molecule has 1 aromatic rings. The number of ether oxygens (including phenoxy) is 1. The quantitative estimate of drug-likeness (QED) is 0.802. The fraction of sp³-hybridized carbons (Fsp3) is 0.533. The van der Waals surface area contributed by atoms with Gasteiger partial charge < -0.3 is 9.64 Å². The number of nitriles is 1. The topological polar surface area (TPSA) is 36.3 Å². The first-order chi connectivity index (χ1) is 8.59. The number of para-hydroxylation sites is 1. The summed E-state index contributed by atoms with van der Waals surface area (Å²) in [6, 6.07) is 8.19. The van der Waals surface area contributed by atoms with Crippen molar-refractivity contribution in [2.45, 2.75) is 32.3 Å². The normalized spacial score (nSPS) is 23.8. The van der Waals surface area contributed by atoms with E-state index in [1.807, 2.05) is 12.1 Å². The Morgan fingerprint density at radius 1 is 1.44 bits per heavy atom. The van der Waals surface area contributed by atoms with E-state index in [0.29, 0.717) is 0 Å². The highest BCUT2D eigenvalue weighted by atomic mass is 16.5. The average Bonchev–Trinajstić information content (AvgIpc) is 2.38. The summed E-state index contributed by atoms with van der Waals surface area (Å²) in [5.41, 5.74) is 2.89. The van der Waals surface area contributed by atoms with E-state index < -0.39 is 0 Å². The Kier molecular flexibility index (Phi) is 3.58. The molecule has 1 fully saturated rings. The van der Waals surface area contributed by atoms with Crippen molar-refractivity contribution in [3.63, 3.8) is 0 Å². The Labute approximate surface area is 109 Å². The zero-order chi connectivity index (χ0) is 13.2. The molecule has 1 aliphatic rings. The second kappa shape index (κ2) is 4.99. The van der Waals surface area contributed by atoms with E-state index in [-0.39, 0.29) is 5.60 Å². The van der Waals surface area contributed by atoms with Gasteiger partial charge in [0.25, 0.3) is 0 Å². The van der Waals surface area contributed by atoms with Crippen molar-refractivity contribution in [2.75, 3.05) is 25.1 Å². The lowest BCUT2D eigenvalue weighted by Crippen LogP contribution is -2.47. The molecule has 3 heteroatoms. The number of rotatable bonds is 2. The number of methoxy groups -OCH3 is 1. The maximum absolute atomic E-state index is 9.25. The second-order valence-electron chi connectivity index (χ2n) is 5.26. The molecule has 0 radical (unpaired) electrons. The fourth-order valence-electron chi connectivity index (χ4n) is 2.73. The maximum atomic E-state index is 9.25. The molecular formula is C15H20N2O. The van der Waals surface area contributed by atoms with Gasteiger partial charge in [-0.3, -0.25) is 0 Å². The molecule has 1 aliphatic heterocycles. The van der Waals surface area contributed by atoms with E-state index in [9.17, 15) is 5.26 Å². The van der Waals surface area contributed by atoms with Gasteiger partial charge in [0.2, 0.25) is 0 Å². The highest BCUT2D eigenvalue weighted by molar-refractivity contribution is 5.64. The molecule has 0 N–H and O–H groups in total. The Morgan fingerprint density at radius 3 is 2.89 bits per heavy atom. The van der Waals surface area contributed by atoms with Gasteiger partial charge >= 0.3 is 0 Å². The van der Waals surface area contributed by atoms with Crippen molar-refractivity contribution >= 4 is 5.69 Å². The molecule has 0 spiro atoms. The van der Waals surface area contributed by atoms with E-state index in [1.54, 1.807) is 7.11 Å². The molecule has 0 aliphatic carbocycles. The molecular weight excluding hydrogens is 224 g/mol. The summed E-state index contributed by atoms with van der Waals surface area (Å²) in [5, 5.41) is 9.25. The largest absolute Gasteiger partial charge is 0.377 e. The van der Waals surface area contributed by atoms with E-state index in [1.165, 1.54) is 0 Å². The van der Waals surface area contributed by atoms with Crippen LogP contribution in [0.1, 0.15) is 30.9 Å². The molecule has 0 amide bonds. The summed E-state index contributed by atoms with van der Waals surface area (Å²) in [6.07, 6.45) is 2.18. The minimum absolute atomic E-state index is 0.104. The number of aryl methyl sites for hydroxylation is 1. The lowest BCUT2D eigenvalue weighted by molar-refractivity contribution is -0.00468. The number of benzene rings is 1. The van der Waals surface area contributed by atoms with Crippen molar-refractivity contribution in [3.05, 3.63) is 29.3 Å². The molecule has 0 aromatic heterocycles. The zero-order valence-electron chi connectivity index (χ0n) is 11.4. The Balaban J connectivity index is 2.35. The molecule has 0 bridgehead atoms. The standard InChI is InChI=1S/C15H20N2O/c1-12-6-4-7-13(10-16)14(12)17-9-5-8-15(2,11-17)18-3/h4,6-7H,5,8-9,11H2,1-3H3. The van der Waals surface area contributed by atoms with Gasteiger partial charge in [-0.25, -0.2) is 0 Å². The summed E-state index contributed by atoms with van der Waals surface area (Å²) in [7, 11) is 1.77. The van der Waals surface area contributed by atoms with Gasteiger partial charge in [-0.05, 0) is 38.3 Å². The third-order valence-corrected chi connectivity index (χ3v) is 3.83. The van der Waals surface area contributed by atoms with Crippen LogP contribution < -0.4 is 4.90 Å². The molecule has 1 aromatic carbocycles. The fourth-order valence-corrected chi connectivity index (χ4v) is 2.73. The molecule has 2 rings (SSSR count). The van der Waals surface area contributed by atoms with Crippen LogP contribution in [-0.2, 0) is 4.74 Å². The second-order valence-corrected chi connectivity index (χ2v) is 5.26. The van der Waals surface area contributed by atoms with Gasteiger partial charge in [0.1, 0.15) is 6.07 Å². The van der Waals surface area contributed by atoms with Crippen LogP contribution in [-0.4, -0.2) is 25.8 Å². The molecule has 1 saturated heterocycles. The monoisotopic (exact) mass is 244 g/mol. The van der Waals surface area contributed by atoms with Crippen LogP contribution in [0.4, 0.5) is 5.69 Å². The lowest BCUT2D eigenvalue weighted by Gasteiger charge is -2.41. The van der Waals surface area contributed by atoms with E-state index in [0.717, 1.165) is 42.7 Å². The van der Waals surface area contributed by atoms with Gasteiger partial charge in [0.15, 0.2) is 0 Å². The summed E-state index contributed by atoms with van der Waals surface area (Å²) < 4.78 is 5.62. The Bertz CT molecular complexity index is 478. The smallest absolute Gasteiger partial charge is 0.101 e.